The molecule has 4 atom stereocenters. The quantitative estimate of drug-likeness (QED) is 0.625. The van der Waals surface area contributed by atoms with Crippen LogP contribution in [0.3, 0.4) is 0 Å². The van der Waals surface area contributed by atoms with Crippen LogP contribution in [0, 0.1) is 11.8 Å². The maximum atomic E-state index is 12.3. The molecule has 0 saturated carbocycles. The van der Waals surface area contributed by atoms with E-state index in [1.165, 1.54) is 11.3 Å². The normalized spacial score (nSPS) is 28.5. The van der Waals surface area contributed by atoms with Crippen LogP contribution in [0.2, 0.25) is 0 Å². The number of carbonyl (C=O) groups excluding carboxylic acids is 1. The molecule has 21 heavy (non-hydrogen) atoms. The first kappa shape index (κ1) is 16.2. The van der Waals surface area contributed by atoms with Gasteiger partial charge in [0.05, 0.1) is 23.9 Å². The number of ether oxygens (including phenoxy) is 1. The third-order valence-electron chi connectivity index (χ3n) is 3.50. The first-order valence-corrected chi connectivity index (χ1v) is 8.33. The van der Waals surface area contributed by atoms with Crippen molar-refractivity contribution >= 4 is 40.1 Å². The van der Waals surface area contributed by atoms with E-state index in [-0.39, 0.29) is 35.7 Å². The average Bonchev–Trinajstić information content (AvgIpc) is 2.93. The number of thioether (sulfide) groups is 1. The van der Waals surface area contributed by atoms with Crippen molar-refractivity contribution < 1.29 is 19.4 Å². The van der Waals surface area contributed by atoms with E-state index in [1.54, 1.807) is 0 Å². The fraction of sp³-hybridized carbons (Fsp3) is 0.667. The summed E-state index contributed by atoms with van der Waals surface area (Å²) in [6.45, 7) is 5.84. The van der Waals surface area contributed by atoms with Gasteiger partial charge in [-0.05, 0) is 19.8 Å². The van der Waals surface area contributed by atoms with Crippen molar-refractivity contribution in [3.05, 3.63) is 0 Å². The highest BCUT2D eigenvalue weighted by Crippen LogP contribution is 2.33. The van der Waals surface area contributed by atoms with Crippen molar-refractivity contribution in [2.24, 2.45) is 11.8 Å². The maximum absolute atomic E-state index is 12.3. The van der Waals surface area contributed by atoms with Gasteiger partial charge in [-0.15, -0.1) is 10.2 Å². The molecule has 0 aromatic carbocycles. The Kier molecular flexibility index (Phi) is 5.17. The first-order valence-electron chi connectivity index (χ1n) is 6.53. The SMILES string of the molecule is CC1OC(C)C(C(=O)Nc2nnc(SCC(=O)O)s2)C1C. The Hall–Kier alpha value is -1.19. The molecule has 0 spiro atoms. The molecule has 0 radical (unpaired) electrons. The smallest absolute Gasteiger partial charge is 0.313 e. The van der Waals surface area contributed by atoms with E-state index in [0.717, 1.165) is 11.8 Å². The summed E-state index contributed by atoms with van der Waals surface area (Å²) in [5.74, 6) is -1.22. The van der Waals surface area contributed by atoms with Gasteiger partial charge in [0.2, 0.25) is 11.0 Å². The second kappa shape index (κ2) is 6.71. The molecule has 4 unspecified atom stereocenters. The van der Waals surface area contributed by atoms with Gasteiger partial charge in [0.1, 0.15) is 0 Å². The molecule has 0 bridgehead atoms. The topological polar surface area (TPSA) is 101 Å². The van der Waals surface area contributed by atoms with Crippen LogP contribution in [0.4, 0.5) is 5.13 Å². The number of carbonyl (C=O) groups is 2. The van der Waals surface area contributed by atoms with Crippen molar-refractivity contribution in [2.75, 3.05) is 11.1 Å². The van der Waals surface area contributed by atoms with Crippen molar-refractivity contribution in [3.8, 4) is 0 Å². The van der Waals surface area contributed by atoms with Gasteiger partial charge < -0.3 is 15.2 Å². The lowest BCUT2D eigenvalue weighted by Crippen LogP contribution is -2.31. The summed E-state index contributed by atoms with van der Waals surface area (Å²) in [5.41, 5.74) is 0. The van der Waals surface area contributed by atoms with Gasteiger partial charge in [-0.2, -0.15) is 0 Å². The van der Waals surface area contributed by atoms with Gasteiger partial charge in [0, 0.05) is 0 Å². The number of carboxylic acids is 1. The summed E-state index contributed by atoms with van der Waals surface area (Å²) in [4.78, 5) is 22.8. The Bertz CT molecular complexity index is 536. The summed E-state index contributed by atoms with van der Waals surface area (Å²) in [6, 6.07) is 0. The van der Waals surface area contributed by atoms with Gasteiger partial charge in [-0.25, -0.2) is 0 Å². The van der Waals surface area contributed by atoms with E-state index in [9.17, 15) is 9.59 Å². The number of hydrogen-bond donors (Lipinski definition) is 2. The van der Waals surface area contributed by atoms with Gasteiger partial charge in [-0.3, -0.25) is 9.59 Å². The lowest BCUT2D eigenvalue weighted by molar-refractivity contribution is -0.134. The Labute approximate surface area is 130 Å². The summed E-state index contributed by atoms with van der Waals surface area (Å²) in [7, 11) is 0. The van der Waals surface area contributed by atoms with E-state index in [1.807, 2.05) is 20.8 Å². The van der Waals surface area contributed by atoms with Crippen LogP contribution in [-0.4, -0.2) is 45.1 Å². The third-order valence-corrected chi connectivity index (χ3v) is 5.46. The van der Waals surface area contributed by atoms with Gasteiger partial charge >= 0.3 is 5.97 Å². The number of nitrogens with zero attached hydrogens (tertiary/aromatic N) is 2. The monoisotopic (exact) mass is 331 g/mol. The molecule has 1 saturated heterocycles. The Morgan fingerprint density at radius 2 is 2.05 bits per heavy atom. The molecule has 1 aromatic heterocycles. The minimum Gasteiger partial charge on any atom is -0.481 e. The molecule has 9 heteroatoms. The second-order valence-electron chi connectivity index (χ2n) is 4.98. The summed E-state index contributed by atoms with van der Waals surface area (Å²) < 4.78 is 6.17. The summed E-state index contributed by atoms with van der Waals surface area (Å²) >= 11 is 2.25. The van der Waals surface area contributed by atoms with Gasteiger partial charge in [-0.1, -0.05) is 30.0 Å². The minimum absolute atomic E-state index is 0.0480. The molecule has 1 amide bonds. The fourth-order valence-electron chi connectivity index (χ4n) is 2.35. The zero-order chi connectivity index (χ0) is 15.6. The predicted molar refractivity (Wildman–Crippen MR) is 79.6 cm³/mol. The summed E-state index contributed by atoms with van der Waals surface area (Å²) in [5, 5.41) is 19.4. The highest BCUT2D eigenvalue weighted by molar-refractivity contribution is 8.01. The fourth-order valence-corrected chi connectivity index (χ4v) is 3.82. The standard InChI is InChI=1S/C12H17N3O4S2/c1-5-6(2)19-7(3)9(5)10(18)13-11-14-15-12(21-11)20-4-8(16)17/h5-7,9H,4H2,1-3H3,(H,16,17)(H,13,14,18). The Balaban J connectivity index is 1.95. The van der Waals surface area contributed by atoms with E-state index >= 15 is 0 Å². The largest absolute Gasteiger partial charge is 0.481 e. The first-order chi connectivity index (χ1) is 9.88. The predicted octanol–water partition coefficient (Wildman–Crippen LogP) is 1.71. The number of amides is 1. The lowest BCUT2D eigenvalue weighted by atomic mass is 9.89. The minimum atomic E-state index is -0.916. The van der Waals surface area contributed by atoms with E-state index < -0.39 is 5.97 Å². The second-order valence-corrected chi connectivity index (χ2v) is 7.18. The van der Waals surface area contributed by atoms with Crippen LogP contribution in [0.5, 0.6) is 0 Å². The molecule has 2 rings (SSSR count). The van der Waals surface area contributed by atoms with Gasteiger partial charge in [0.25, 0.3) is 0 Å². The van der Waals surface area contributed by atoms with Crippen LogP contribution in [0.1, 0.15) is 20.8 Å². The molecule has 7 nitrogen and oxygen atoms in total. The maximum Gasteiger partial charge on any atom is 0.313 e. The molecular weight excluding hydrogens is 314 g/mol. The van der Waals surface area contributed by atoms with Crippen molar-refractivity contribution in [1.82, 2.24) is 10.2 Å². The molecule has 1 aromatic rings. The van der Waals surface area contributed by atoms with E-state index in [4.69, 9.17) is 9.84 Å². The molecule has 116 valence electrons. The highest BCUT2D eigenvalue weighted by Gasteiger charge is 2.41. The zero-order valence-corrected chi connectivity index (χ0v) is 13.5. The number of rotatable bonds is 5. The van der Waals surface area contributed by atoms with Crippen molar-refractivity contribution in [3.63, 3.8) is 0 Å². The molecule has 2 N–H and O–H groups in total. The van der Waals surface area contributed by atoms with Crippen LogP contribution in [0.25, 0.3) is 0 Å². The number of aromatic nitrogens is 2. The van der Waals surface area contributed by atoms with E-state index in [0.29, 0.717) is 9.47 Å². The number of aliphatic carboxylic acids is 1. The average molecular weight is 331 g/mol. The molecule has 2 heterocycles. The molecule has 0 aliphatic carbocycles. The van der Waals surface area contributed by atoms with Gasteiger partial charge in [0.15, 0.2) is 4.34 Å². The Morgan fingerprint density at radius 3 is 2.62 bits per heavy atom. The lowest BCUT2D eigenvalue weighted by Gasteiger charge is -2.16. The summed E-state index contributed by atoms with van der Waals surface area (Å²) in [6.07, 6.45) is -0.0874. The number of carboxylic acid groups (broad SMARTS) is 1. The molecule has 1 fully saturated rings. The third kappa shape index (κ3) is 3.92. The van der Waals surface area contributed by atoms with Crippen LogP contribution in [-0.2, 0) is 14.3 Å². The Morgan fingerprint density at radius 1 is 1.33 bits per heavy atom. The van der Waals surface area contributed by atoms with Crippen molar-refractivity contribution in [1.29, 1.82) is 0 Å². The van der Waals surface area contributed by atoms with Crippen molar-refractivity contribution in [2.45, 2.75) is 37.3 Å². The van der Waals surface area contributed by atoms with Crippen LogP contribution in [0.15, 0.2) is 4.34 Å². The number of nitrogens with one attached hydrogen (secondary N) is 1. The van der Waals surface area contributed by atoms with Crippen LogP contribution >= 0.6 is 23.1 Å². The number of anilines is 1. The molecule has 1 aliphatic heterocycles. The van der Waals surface area contributed by atoms with Crippen LogP contribution < -0.4 is 5.32 Å². The number of hydrogen-bond acceptors (Lipinski definition) is 7. The molecule has 1 aliphatic rings. The zero-order valence-electron chi connectivity index (χ0n) is 11.9. The molecular formula is C12H17N3O4S2. The van der Waals surface area contributed by atoms with E-state index in [2.05, 4.69) is 15.5 Å². The highest BCUT2D eigenvalue weighted by atomic mass is 32.2.